The summed E-state index contributed by atoms with van der Waals surface area (Å²) < 4.78 is 0. The van der Waals surface area contributed by atoms with Crippen molar-refractivity contribution < 1.29 is 14.7 Å². The molecule has 1 saturated heterocycles. The number of hydrogen-bond donors (Lipinski definition) is 1. The Labute approximate surface area is 108 Å². The molecule has 2 aliphatic rings. The smallest absolute Gasteiger partial charge is 0.329 e. The number of nitrogens with zero attached hydrogens (tertiary/aromatic N) is 2. The molecule has 102 valence electrons. The third-order valence-corrected chi connectivity index (χ3v) is 4.03. The monoisotopic (exact) mass is 254 g/mol. The summed E-state index contributed by atoms with van der Waals surface area (Å²) in [6.45, 7) is 5.00. The van der Waals surface area contributed by atoms with E-state index in [1.54, 1.807) is 11.8 Å². The maximum atomic E-state index is 12.5. The van der Waals surface area contributed by atoms with Crippen molar-refractivity contribution in [2.24, 2.45) is 0 Å². The molecular weight excluding hydrogens is 232 g/mol. The lowest BCUT2D eigenvalue weighted by Crippen LogP contribution is -2.55. The van der Waals surface area contributed by atoms with Gasteiger partial charge in [0, 0.05) is 19.1 Å². The lowest BCUT2D eigenvalue weighted by molar-refractivity contribution is -0.147. The molecule has 5 nitrogen and oxygen atoms in total. The zero-order valence-electron chi connectivity index (χ0n) is 11.2. The molecule has 1 unspecified atom stereocenters. The zero-order valence-corrected chi connectivity index (χ0v) is 11.2. The van der Waals surface area contributed by atoms with Crippen LogP contribution in [-0.4, -0.2) is 51.6 Å². The summed E-state index contributed by atoms with van der Waals surface area (Å²) in [5.74, 6) is -0.888. The van der Waals surface area contributed by atoms with Gasteiger partial charge >= 0.3 is 12.0 Å². The molecule has 2 amide bonds. The van der Waals surface area contributed by atoms with Crippen molar-refractivity contribution in [3.8, 4) is 0 Å². The number of hydrogen-bond acceptors (Lipinski definition) is 2. The minimum atomic E-state index is -1.02. The number of likely N-dealkylation sites (tertiary alicyclic amines) is 1. The Hall–Kier alpha value is -1.26. The van der Waals surface area contributed by atoms with Gasteiger partial charge in [-0.3, -0.25) is 0 Å². The average Bonchev–Trinajstić information content (AvgIpc) is 3.08. The van der Waals surface area contributed by atoms with Crippen LogP contribution in [0.5, 0.6) is 0 Å². The van der Waals surface area contributed by atoms with Crippen LogP contribution >= 0.6 is 0 Å². The van der Waals surface area contributed by atoms with Gasteiger partial charge in [-0.15, -0.1) is 0 Å². The Balaban J connectivity index is 2.13. The van der Waals surface area contributed by atoms with Gasteiger partial charge in [0.05, 0.1) is 0 Å². The molecule has 0 radical (unpaired) electrons. The third kappa shape index (κ3) is 2.18. The Bertz CT molecular complexity index is 354. The molecule has 0 aromatic rings. The normalized spacial score (nSPS) is 27.3. The fraction of sp³-hybridized carbons (Fsp3) is 0.846. The zero-order chi connectivity index (χ0) is 13.3. The molecule has 2 rings (SSSR count). The molecule has 0 bridgehead atoms. The average molecular weight is 254 g/mol. The van der Waals surface area contributed by atoms with Crippen molar-refractivity contribution in [3.63, 3.8) is 0 Å². The van der Waals surface area contributed by atoms with Gasteiger partial charge in [0.25, 0.3) is 0 Å². The van der Waals surface area contributed by atoms with Crippen LogP contribution in [0.2, 0.25) is 0 Å². The topological polar surface area (TPSA) is 60.9 Å². The van der Waals surface area contributed by atoms with Crippen LogP contribution in [0.15, 0.2) is 0 Å². The first kappa shape index (κ1) is 13.2. The number of carboxylic acids is 1. The van der Waals surface area contributed by atoms with E-state index in [4.69, 9.17) is 0 Å². The van der Waals surface area contributed by atoms with Crippen molar-refractivity contribution in [2.75, 3.05) is 13.1 Å². The molecule has 1 saturated carbocycles. The highest BCUT2D eigenvalue weighted by Gasteiger charge is 2.48. The number of urea groups is 1. The molecule has 1 aliphatic heterocycles. The van der Waals surface area contributed by atoms with Crippen molar-refractivity contribution in [2.45, 2.75) is 57.5 Å². The molecule has 18 heavy (non-hydrogen) atoms. The molecule has 1 atom stereocenters. The number of carboxylic acid groups (broad SMARTS) is 1. The third-order valence-electron chi connectivity index (χ3n) is 4.03. The lowest BCUT2D eigenvalue weighted by atomic mass is 10.00. The highest BCUT2D eigenvalue weighted by Crippen LogP contribution is 2.34. The van der Waals surface area contributed by atoms with Crippen LogP contribution in [0.4, 0.5) is 4.79 Å². The summed E-state index contributed by atoms with van der Waals surface area (Å²) in [5.41, 5.74) is -1.02. The molecule has 5 heteroatoms. The second-order valence-electron chi connectivity index (χ2n) is 5.54. The van der Waals surface area contributed by atoms with Crippen LogP contribution in [-0.2, 0) is 4.79 Å². The molecular formula is C13H22N2O3. The first-order valence-electron chi connectivity index (χ1n) is 6.82. The van der Waals surface area contributed by atoms with E-state index in [0.717, 1.165) is 32.2 Å². The molecule has 0 aromatic carbocycles. The highest BCUT2D eigenvalue weighted by molar-refractivity contribution is 5.87. The SMILES string of the molecule is CCCN(C(=O)N1CCCC1(C)C(=O)O)C1CC1. The van der Waals surface area contributed by atoms with E-state index in [2.05, 4.69) is 0 Å². The minimum absolute atomic E-state index is 0.0817. The molecule has 1 heterocycles. The van der Waals surface area contributed by atoms with E-state index in [1.807, 2.05) is 11.8 Å². The van der Waals surface area contributed by atoms with Crippen molar-refractivity contribution in [3.05, 3.63) is 0 Å². The Morgan fingerprint density at radius 2 is 2.11 bits per heavy atom. The predicted molar refractivity (Wildman–Crippen MR) is 67.4 cm³/mol. The number of amides is 2. The number of carbonyl (C=O) groups is 2. The Kier molecular flexibility index (Phi) is 3.50. The van der Waals surface area contributed by atoms with E-state index in [-0.39, 0.29) is 6.03 Å². The number of aliphatic carboxylic acids is 1. The maximum Gasteiger partial charge on any atom is 0.329 e. The van der Waals surface area contributed by atoms with E-state index in [0.29, 0.717) is 19.0 Å². The standard InChI is InChI=1S/C13H22N2O3/c1-3-8-14(10-5-6-10)12(18)15-9-4-7-13(15,2)11(16)17/h10H,3-9H2,1-2H3,(H,16,17). The second kappa shape index (κ2) is 4.78. The number of carbonyl (C=O) groups excluding carboxylic acids is 1. The largest absolute Gasteiger partial charge is 0.480 e. The summed E-state index contributed by atoms with van der Waals surface area (Å²) >= 11 is 0. The minimum Gasteiger partial charge on any atom is -0.480 e. The summed E-state index contributed by atoms with van der Waals surface area (Å²) in [5, 5.41) is 9.35. The second-order valence-corrected chi connectivity index (χ2v) is 5.54. The molecule has 0 aromatic heterocycles. The van der Waals surface area contributed by atoms with Crippen LogP contribution in [0, 0.1) is 0 Å². The fourth-order valence-electron chi connectivity index (χ4n) is 2.71. The number of rotatable bonds is 4. The molecule has 0 spiro atoms. The van der Waals surface area contributed by atoms with Crippen molar-refractivity contribution in [1.82, 2.24) is 9.80 Å². The predicted octanol–water partition coefficient (Wildman–Crippen LogP) is 1.92. The maximum absolute atomic E-state index is 12.5. The van der Waals surface area contributed by atoms with Gasteiger partial charge in [0.2, 0.25) is 0 Å². The van der Waals surface area contributed by atoms with Gasteiger partial charge in [0.1, 0.15) is 5.54 Å². The summed E-state index contributed by atoms with van der Waals surface area (Å²) in [4.78, 5) is 27.3. The summed E-state index contributed by atoms with van der Waals surface area (Å²) in [6, 6.07) is 0.262. The van der Waals surface area contributed by atoms with E-state index in [1.165, 1.54) is 0 Å². The van der Waals surface area contributed by atoms with Crippen LogP contribution in [0.25, 0.3) is 0 Å². The summed E-state index contributed by atoms with van der Waals surface area (Å²) in [7, 11) is 0. The van der Waals surface area contributed by atoms with E-state index in [9.17, 15) is 14.7 Å². The quantitative estimate of drug-likeness (QED) is 0.833. The van der Waals surface area contributed by atoms with Crippen LogP contribution in [0.3, 0.4) is 0 Å². The van der Waals surface area contributed by atoms with Gasteiger partial charge in [-0.25, -0.2) is 9.59 Å². The molecule has 2 fully saturated rings. The summed E-state index contributed by atoms with van der Waals surface area (Å²) in [6.07, 6.45) is 4.37. The van der Waals surface area contributed by atoms with Gasteiger partial charge in [0.15, 0.2) is 0 Å². The first-order chi connectivity index (χ1) is 8.50. The highest BCUT2D eigenvalue weighted by atomic mass is 16.4. The first-order valence-corrected chi connectivity index (χ1v) is 6.82. The molecule has 1 N–H and O–H groups in total. The Morgan fingerprint density at radius 1 is 1.44 bits per heavy atom. The van der Waals surface area contributed by atoms with Crippen LogP contribution < -0.4 is 0 Å². The van der Waals surface area contributed by atoms with E-state index >= 15 is 0 Å². The molecule has 1 aliphatic carbocycles. The van der Waals surface area contributed by atoms with Crippen LogP contribution in [0.1, 0.15) is 46.0 Å². The van der Waals surface area contributed by atoms with Crippen molar-refractivity contribution >= 4 is 12.0 Å². The van der Waals surface area contributed by atoms with Gasteiger partial charge in [-0.1, -0.05) is 6.92 Å². The van der Waals surface area contributed by atoms with Crippen molar-refractivity contribution in [1.29, 1.82) is 0 Å². The van der Waals surface area contributed by atoms with Gasteiger partial charge in [-0.2, -0.15) is 0 Å². The van der Waals surface area contributed by atoms with E-state index < -0.39 is 11.5 Å². The van der Waals surface area contributed by atoms with Gasteiger partial charge in [-0.05, 0) is 39.0 Å². The lowest BCUT2D eigenvalue weighted by Gasteiger charge is -2.35. The Morgan fingerprint density at radius 3 is 2.61 bits per heavy atom. The van der Waals surface area contributed by atoms with Gasteiger partial charge < -0.3 is 14.9 Å². The fourth-order valence-corrected chi connectivity index (χ4v) is 2.71.